The highest BCUT2D eigenvalue weighted by atomic mass is 35.5. The number of alkyl halides is 3. The van der Waals surface area contributed by atoms with Crippen LogP contribution in [0.15, 0.2) is 53.9 Å². The van der Waals surface area contributed by atoms with Crippen LogP contribution in [0.5, 0.6) is 0 Å². The summed E-state index contributed by atoms with van der Waals surface area (Å²) in [5.74, 6) is -0.845. The lowest BCUT2D eigenvalue weighted by molar-refractivity contribution is -0.137. The van der Waals surface area contributed by atoms with E-state index in [1.54, 1.807) is 7.05 Å². The van der Waals surface area contributed by atoms with Crippen LogP contribution < -0.4 is 10.0 Å². The van der Waals surface area contributed by atoms with E-state index >= 15 is 0 Å². The third-order valence-electron chi connectivity index (χ3n) is 3.97. The summed E-state index contributed by atoms with van der Waals surface area (Å²) < 4.78 is 67.1. The average Bonchev–Trinajstić information content (AvgIpc) is 3.11. The summed E-state index contributed by atoms with van der Waals surface area (Å²) >= 11 is 11.8. The number of benzene rings is 2. The number of rotatable bonds is 5. The molecule has 0 spiro atoms. The van der Waals surface area contributed by atoms with Gasteiger partial charge in [0.15, 0.2) is 5.03 Å². The summed E-state index contributed by atoms with van der Waals surface area (Å²) in [6.07, 6.45) is -2.05. The molecular formula is C18H13Cl2F3N4O3S. The minimum Gasteiger partial charge on any atom is -0.339 e. The van der Waals surface area contributed by atoms with Gasteiger partial charge in [-0.1, -0.05) is 23.2 Å². The molecule has 0 atom stereocenters. The maximum absolute atomic E-state index is 12.8. The summed E-state index contributed by atoms with van der Waals surface area (Å²) in [5.41, 5.74) is -1.38. The molecule has 0 unspecified atom stereocenters. The molecule has 0 saturated heterocycles. The van der Waals surface area contributed by atoms with Crippen molar-refractivity contribution in [3.8, 4) is 0 Å². The Balaban J connectivity index is 1.91. The summed E-state index contributed by atoms with van der Waals surface area (Å²) in [4.78, 5) is 16.5. The highest BCUT2D eigenvalue weighted by Gasteiger charge is 2.31. The van der Waals surface area contributed by atoms with Crippen molar-refractivity contribution in [2.75, 3.05) is 10.0 Å². The molecule has 31 heavy (non-hydrogen) atoms. The van der Waals surface area contributed by atoms with Gasteiger partial charge < -0.3 is 9.88 Å². The van der Waals surface area contributed by atoms with Gasteiger partial charge in [0.1, 0.15) is 0 Å². The van der Waals surface area contributed by atoms with E-state index in [4.69, 9.17) is 23.2 Å². The van der Waals surface area contributed by atoms with Gasteiger partial charge in [-0.05, 0) is 36.4 Å². The lowest BCUT2D eigenvalue weighted by Gasteiger charge is -2.14. The molecule has 1 heterocycles. The molecule has 7 nitrogen and oxygen atoms in total. The molecule has 3 aromatic rings. The van der Waals surface area contributed by atoms with Crippen molar-refractivity contribution in [3.63, 3.8) is 0 Å². The molecule has 164 valence electrons. The number of hydrogen-bond donors (Lipinski definition) is 2. The zero-order valence-corrected chi connectivity index (χ0v) is 17.9. The first-order valence-corrected chi connectivity index (χ1v) is 10.6. The molecule has 13 heteroatoms. The monoisotopic (exact) mass is 492 g/mol. The number of nitrogens with zero attached hydrogens (tertiary/aromatic N) is 2. The van der Waals surface area contributed by atoms with Gasteiger partial charge in [-0.2, -0.15) is 21.6 Å². The summed E-state index contributed by atoms with van der Waals surface area (Å²) in [6.45, 7) is 0. The Labute approximate surface area is 184 Å². The van der Waals surface area contributed by atoms with E-state index in [1.807, 2.05) is 0 Å². The fraction of sp³-hybridized carbons (Fsp3) is 0.111. The van der Waals surface area contributed by atoms with Crippen LogP contribution in [0.1, 0.15) is 15.9 Å². The van der Waals surface area contributed by atoms with E-state index in [2.05, 4.69) is 15.0 Å². The molecule has 0 aliphatic heterocycles. The molecule has 1 aromatic heterocycles. The fourth-order valence-corrected chi connectivity index (χ4v) is 3.96. The zero-order valence-electron chi connectivity index (χ0n) is 15.5. The van der Waals surface area contributed by atoms with Crippen LogP contribution in [0.25, 0.3) is 0 Å². The number of imidazole rings is 1. The SMILES string of the molecule is Cn1cnc(S(=O)(=O)Nc2ccc(Cl)cc2C(=O)Nc2ccc(C(F)(F)F)cc2Cl)c1. The van der Waals surface area contributed by atoms with Gasteiger partial charge in [0.2, 0.25) is 0 Å². The zero-order chi connectivity index (χ0) is 23.0. The smallest absolute Gasteiger partial charge is 0.339 e. The normalized spacial score (nSPS) is 11.9. The number of nitrogens with one attached hydrogen (secondary N) is 2. The van der Waals surface area contributed by atoms with Crippen molar-refractivity contribution >= 4 is 50.5 Å². The van der Waals surface area contributed by atoms with Gasteiger partial charge in [0.25, 0.3) is 15.9 Å². The third-order valence-corrected chi connectivity index (χ3v) is 5.77. The molecule has 1 amide bonds. The van der Waals surface area contributed by atoms with Gasteiger partial charge in [-0.25, -0.2) is 4.98 Å². The largest absolute Gasteiger partial charge is 0.416 e. The molecule has 0 aliphatic rings. The van der Waals surface area contributed by atoms with Crippen molar-refractivity contribution in [2.24, 2.45) is 7.05 Å². The van der Waals surface area contributed by atoms with Crippen LogP contribution in [0, 0.1) is 0 Å². The summed E-state index contributed by atoms with van der Waals surface area (Å²) in [6, 6.07) is 6.24. The van der Waals surface area contributed by atoms with E-state index in [0.29, 0.717) is 6.07 Å². The van der Waals surface area contributed by atoms with Gasteiger partial charge >= 0.3 is 6.18 Å². The second-order valence-electron chi connectivity index (χ2n) is 6.32. The number of amides is 1. The molecule has 0 saturated carbocycles. The molecule has 0 aliphatic carbocycles. The van der Waals surface area contributed by atoms with Crippen molar-refractivity contribution in [1.82, 2.24) is 9.55 Å². The Morgan fingerprint density at radius 1 is 1.10 bits per heavy atom. The van der Waals surface area contributed by atoms with Crippen LogP contribution in [0.2, 0.25) is 10.0 Å². The fourth-order valence-electron chi connectivity index (χ4n) is 2.50. The molecule has 2 aromatic carbocycles. The predicted molar refractivity (Wildman–Crippen MR) is 110 cm³/mol. The van der Waals surface area contributed by atoms with Gasteiger partial charge in [-0.15, -0.1) is 0 Å². The number of anilines is 2. The second-order valence-corrected chi connectivity index (χ2v) is 8.79. The minimum atomic E-state index is -4.60. The second kappa shape index (κ2) is 8.40. The number of hydrogen-bond acceptors (Lipinski definition) is 4. The molecule has 0 fully saturated rings. The summed E-state index contributed by atoms with van der Waals surface area (Å²) in [5, 5.41) is 1.86. The van der Waals surface area contributed by atoms with Crippen LogP contribution >= 0.6 is 23.2 Å². The van der Waals surface area contributed by atoms with E-state index < -0.39 is 27.7 Å². The van der Waals surface area contributed by atoms with Crippen molar-refractivity contribution in [1.29, 1.82) is 0 Å². The van der Waals surface area contributed by atoms with E-state index in [9.17, 15) is 26.4 Å². The Hall–Kier alpha value is -2.76. The van der Waals surface area contributed by atoms with Gasteiger partial charge in [0, 0.05) is 18.3 Å². The number of sulfonamides is 1. The minimum absolute atomic E-state index is 0.0989. The van der Waals surface area contributed by atoms with Crippen molar-refractivity contribution in [3.05, 3.63) is 70.1 Å². The average molecular weight is 493 g/mol. The maximum Gasteiger partial charge on any atom is 0.416 e. The number of carbonyl (C=O) groups is 1. The van der Waals surface area contributed by atoms with E-state index in [-0.39, 0.29) is 32.0 Å². The summed E-state index contributed by atoms with van der Waals surface area (Å²) in [7, 11) is -2.54. The van der Waals surface area contributed by atoms with Crippen LogP contribution in [0.4, 0.5) is 24.5 Å². The van der Waals surface area contributed by atoms with Gasteiger partial charge in [-0.3, -0.25) is 9.52 Å². The number of aromatic nitrogens is 2. The molecule has 2 N–H and O–H groups in total. The maximum atomic E-state index is 12.8. The Morgan fingerprint density at radius 3 is 2.35 bits per heavy atom. The lowest BCUT2D eigenvalue weighted by Crippen LogP contribution is -2.19. The third kappa shape index (κ3) is 5.30. The van der Waals surface area contributed by atoms with Gasteiger partial charge in [0.05, 0.1) is 33.9 Å². The first-order chi connectivity index (χ1) is 14.4. The molecular weight excluding hydrogens is 480 g/mol. The Morgan fingerprint density at radius 2 is 1.77 bits per heavy atom. The standard InChI is InChI=1S/C18H13Cl2F3N4O3S/c1-27-8-16(24-9-27)31(29,30)26-14-5-3-11(19)7-12(14)17(28)25-15-4-2-10(6-13(15)20)18(21,22)23/h2-9,26H,1H3,(H,25,28). The highest BCUT2D eigenvalue weighted by molar-refractivity contribution is 7.92. The molecule has 3 rings (SSSR count). The number of halogens is 5. The first kappa shape index (κ1) is 22.9. The van der Waals surface area contributed by atoms with Crippen LogP contribution in [-0.4, -0.2) is 23.9 Å². The Bertz CT molecular complexity index is 1260. The van der Waals surface area contributed by atoms with Crippen LogP contribution in [0.3, 0.4) is 0 Å². The number of carbonyl (C=O) groups excluding carboxylic acids is 1. The molecule has 0 bridgehead atoms. The quantitative estimate of drug-likeness (QED) is 0.534. The Kier molecular flexibility index (Phi) is 6.21. The lowest BCUT2D eigenvalue weighted by atomic mass is 10.1. The topological polar surface area (TPSA) is 93.1 Å². The number of aryl methyl sites for hydroxylation is 1. The van der Waals surface area contributed by atoms with Crippen LogP contribution in [-0.2, 0) is 23.2 Å². The first-order valence-electron chi connectivity index (χ1n) is 8.35. The van der Waals surface area contributed by atoms with Crippen molar-refractivity contribution in [2.45, 2.75) is 11.2 Å². The highest BCUT2D eigenvalue weighted by Crippen LogP contribution is 2.34. The predicted octanol–water partition coefficient (Wildman–Crippen LogP) is 4.80. The van der Waals surface area contributed by atoms with E-state index in [0.717, 1.165) is 12.1 Å². The van der Waals surface area contributed by atoms with E-state index in [1.165, 1.54) is 35.3 Å². The molecule has 0 radical (unpaired) electrons. The van der Waals surface area contributed by atoms with Crippen molar-refractivity contribution < 1.29 is 26.4 Å².